The average molecular weight is 391 g/mol. The van der Waals surface area contributed by atoms with Crippen LogP contribution in [-0.4, -0.2) is 41.0 Å². The van der Waals surface area contributed by atoms with E-state index in [2.05, 4.69) is 21.9 Å². The molecule has 0 bridgehead atoms. The largest absolute Gasteiger partial charge is 0.375 e. The summed E-state index contributed by atoms with van der Waals surface area (Å²) in [6.07, 6.45) is 1.04. The molecule has 0 spiro atoms. The number of nitrogens with zero attached hydrogens (tertiary/aromatic N) is 1. The first-order valence-electron chi connectivity index (χ1n) is 8.79. The first-order chi connectivity index (χ1) is 12.9. The maximum Gasteiger partial charge on any atom is 0.255 e. The van der Waals surface area contributed by atoms with Crippen molar-refractivity contribution >= 4 is 27.3 Å². The lowest BCUT2D eigenvalue weighted by Gasteiger charge is -2.18. The third-order valence-corrected chi connectivity index (χ3v) is 5.43. The van der Waals surface area contributed by atoms with E-state index >= 15 is 0 Å². The van der Waals surface area contributed by atoms with Crippen molar-refractivity contribution in [3.8, 4) is 0 Å². The Morgan fingerprint density at radius 2 is 1.85 bits per heavy atom. The van der Waals surface area contributed by atoms with Crippen LogP contribution in [-0.2, 0) is 10.0 Å². The summed E-state index contributed by atoms with van der Waals surface area (Å²) >= 11 is 0. The van der Waals surface area contributed by atoms with Gasteiger partial charge >= 0.3 is 0 Å². The van der Waals surface area contributed by atoms with Gasteiger partial charge in [-0.25, -0.2) is 13.1 Å². The highest BCUT2D eigenvalue weighted by atomic mass is 32.2. The molecule has 2 rings (SSSR count). The van der Waals surface area contributed by atoms with Crippen LogP contribution in [0.3, 0.4) is 0 Å². The van der Waals surface area contributed by atoms with Gasteiger partial charge < -0.3 is 16.0 Å². The molecule has 7 nitrogen and oxygen atoms in total. The van der Waals surface area contributed by atoms with Gasteiger partial charge in [0.05, 0.1) is 4.90 Å². The van der Waals surface area contributed by atoms with Crippen molar-refractivity contribution < 1.29 is 13.2 Å². The van der Waals surface area contributed by atoms with E-state index in [-0.39, 0.29) is 23.9 Å². The van der Waals surface area contributed by atoms with E-state index in [1.54, 1.807) is 24.3 Å². The van der Waals surface area contributed by atoms with Gasteiger partial charge in [-0.3, -0.25) is 4.79 Å². The van der Waals surface area contributed by atoms with Gasteiger partial charge in [0.2, 0.25) is 10.0 Å². The summed E-state index contributed by atoms with van der Waals surface area (Å²) < 4.78 is 26.7. The number of rotatable bonds is 9. The smallest absolute Gasteiger partial charge is 0.255 e. The van der Waals surface area contributed by atoms with Crippen LogP contribution < -0.4 is 20.7 Å². The molecule has 0 aliphatic carbocycles. The van der Waals surface area contributed by atoms with E-state index in [9.17, 15) is 13.2 Å². The molecule has 0 aromatic heterocycles. The van der Waals surface area contributed by atoms with E-state index in [0.29, 0.717) is 11.3 Å². The molecule has 4 N–H and O–H groups in total. The number of carbonyl (C=O) groups excluding carboxylic acids is 1. The second-order valence-corrected chi connectivity index (χ2v) is 7.90. The molecule has 2 aromatic rings. The molecule has 0 aliphatic heterocycles. The summed E-state index contributed by atoms with van der Waals surface area (Å²) in [6, 6.07) is 13.4. The van der Waals surface area contributed by atoms with Crippen LogP contribution in [0.1, 0.15) is 23.7 Å². The maximum atomic E-state index is 12.4. The van der Waals surface area contributed by atoms with Gasteiger partial charge in [-0.15, -0.1) is 0 Å². The fourth-order valence-electron chi connectivity index (χ4n) is 2.55. The predicted octanol–water partition coefficient (Wildman–Crippen LogP) is 2.02. The Kier molecular flexibility index (Phi) is 7.35. The van der Waals surface area contributed by atoms with E-state index in [0.717, 1.165) is 18.7 Å². The van der Waals surface area contributed by atoms with E-state index in [1.165, 1.54) is 12.1 Å². The number of hydrogen-bond acceptors (Lipinski definition) is 5. The number of anilines is 2. The van der Waals surface area contributed by atoms with E-state index in [4.69, 9.17) is 5.73 Å². The number of amides is 1. The van der Waals surface area contributed by atoms with Gasteiger partial charge in [-0.2, -0.15) is 0 Å². The summed E-state index contributed by atoms with van der Waals surface area (Å²) in [4.78, 5) is 14.6. The molecular formula is C19H26N4O3S. The quantitative estimate of drug-likeness (QED) is 0.608. The minimum absolute atomic E-state index is 0.0743. The molecule has 0 radical (unpaired) electrons. The molecule has 0 unspecified atom stereocenters. The third-order valence-electron chi connectivity index (χ3n) is 3.97. The maximum absolute atomic E-state index is 12.4. The lowest BCUT2D eigenvalue weighted by Crippen LogP contribution is -2.29. The van der Waals surface area contributed by atoms with Crippen molar-refractivity contribution in [2.75, 3.05) is 36.9 Å². The lowest BCUT2D eigenvalue weighted by atomic mass is 10.1. The number of benzene rings is 2. The number of nitrogens with two attached hydrogens (primary N) is 1. The van der Waals surface area contributed by atoms with Gasteiger partial charge in [-0.05, 0) is 48.9 Å². The van der Waals surface area contributed by atoms with Gasteiger partial charge in [0.25, 0.3) is 5.91 Å². The van der Waals surface area contributed by atoms with E-state index < -0.39 is 10.0 Å². The zero-order valence-electron chi connectivity index (χ0n) is 15.6. The minimum Gasteiger partial charge on any atom is -0.375 e. The molecule has 8 heteroatoms. The van der Waals surface area contributed by atoms with Crippen molar-refractivity contribution in [2.24, 2.45) is 5.73 Å². The van der Waals surface area contributed by atoms with Crippen LogP contribution in [0, 0.1) is 0 Å². The Hall–Kier alpha value is -2.42. The van der Waals surface area contributed by atoms with Crippen molar-refractivity contribution in [1.82, 2.24) is 4.72 Å². The fourth-order valence-corrected chi connectivity index (χ4v) is 3.65. The van der Waals surface area contributed by atoms with Gasteiger partial charge in [-0.1, -0.05) is 13.0 Å². The zero-order chi connectivity index (χ0) is 19.9. The highest BCUT2D eigenvalue weighted by Gasteiger charge is 2.14. The van der Waals surface area contributed by atoms with Gasteiger partial charge in [0.1, 0.15) is 0 Å². The Labute approximate surface area is 160 Å². The number of carbonyl (C=O) groups is 1. The molecule has 0 heterocycles. The van der Waals surface area contributed by atoms with Crippen LogP contribution in [0.15, 0.2) is 53.4 Å². The summed E-state index contributed by atoms with van der Waals surface area (Å²) in [7, 11) is -1.65. The summed E-state index contributed by atoms with van der Waals surface area (Å²) in [5, 5.41) is 2.73. The normalized spacial score (nSPS) is 11.2. The Morgan fingerprint density at radius 1 is 1.15 bits per heavy atom. The second-order valence-electron chi connectivity index (χ2n) is 6.14. The predicted molar refractivity (Wildman–Crippen MR) is 109 cm³/mol. The molecule has 0 saturated heterocycles. The highest BCUT2D eigenvalue weighted by molar-refractivity contribution is 7.89. The molecule has 2 aromatic carbocycles. The fraction of sp³-hybridized carbons (Fsp3) is 0.316. The summed E-state index contributed by atoms with van der Waals surface area (Å²) in [5.74, 6) is -0.302. The molecule has 146 valence electrons. The number of sulfonamides is 1. The minimum atomic E-state index is -3.65. The topological polar surface area (TPSA) is 105 Å². The molecule has 0 saturated carbocycles. The Balaban J connectivity index is 2.11. The van der Waals surface area contributed by atoms with Gasteiger partial charge in [0, 0.05) is 43.6 Å². The van der Waals surface area contributed by atoms with Crippen LogP contribution in [0.4, 0.5) is 11.4 Å². The molecule has 0 fully saturated rings. The molecule has 0 aliphatic rings. The van der Waals surface area contributed by atoms with E-state index in [1.807, 2.05) is 19.2 Å². The van der Waals surface area contributed by atoms with Gasteiger partial charge in [0.15, 0.2) is 0 Å². The van der Waals surface area contributed by atoms with Crippen molar-refractivity contribution in [2.45, 2.75) is 18.2 Å². The first-order valence-corrected chi connectivity index (χ1v) is 10.3. The van der Waals surface area contributed by atoms with Crippen LogP contribution in [0.5, 0.6) is 0 Å². The highest BCUT2D eigenvalue weighted by Crippen LogP contribution is 2.18. The Morgan fingerprint density at radius 3 is 2.48 bits per heavy atom. The summed E-state index contributed by atoms with van der Waals surface area (Å²) in [5.41, 5.74) is 7.27. The zero-order valence-corrected chi connectivity index (χ0v) is 16.4. The first kappa shape index (κ1) is 20.9. The molecule has 1 amide bonds. The van der Waals surface area contributed by atoms with Crippen molar-refractivity contribution in [3.05, 3.63) is 54.1 Å². The number of hydrogen-bond donors (Lipinski definition) is 3. The molecule has 27 heavy (non-hydrogen) atoms. The second kappa shape index (κ2) is 9.50. The van der Waals surface area contributed by atoms with Crippen LogP contribution >= 0.6 is 0 Å². The standard InChI is InChI=1S/C19H26N4O3S/c1-3-13-23(2)17-9-7-15(8-10-17)19(24)22-16-5-4-6-18(14-16)27(25,26)21-12-11-20/h4-10,14,21H,3,11-13,20H2,1-2H3,(H,22,24). The van der Waals surface area contributed by atoms with Crippen molar-refractivity contribution in [3.63, 3.8) is 0 Å². The monoisotopic (exact) mass is 390 g/mol. The SMILES string of the molecule is CCCN(C)c1ccc(C(=O)Nc2cccc(S(=O)(=O)NCCN)c2)cc1. The molecule has 0 atom stereocenters. The summed E-state index contributed by atoms with van der Waals surface area (Å²) in [6.45, 7) is 3.40. The Bertz CT molecular complexity index is 867. The van der Waals surface area contributed by atoms with Crippen LogP contribution in [0.2, 0.25) is 0 Å². The van der Waals surface area contributed by atoms with Crippen molar-refractivity contribution in [1.29, 1.82) is 0 Å². The molecular weight excluding hydrogens is 364 g/mol. The van der Waals surface area contributed by atoms with Crippen LogP contribution in [0.25, 0.3) is 0 Å². The lowest BCUT2D eigenvalue weighted by molar-refractivity contribution is 0.102. The number of nitrogens with one attached hydrogen (secondary N) is 2. The average Bonchev–Trinajstić information content (AvgIpc) is 2.67. The third kappa shape index (κ3) is 5.78.